The summed E-state index contributed by atoms with van der Waals surface area (Å²) in [4.78, 5) is 14.6. The van der Waals surface area contributed by atoms with Crippen LogP contribution in [0.25, 0.3) is 0 Å². The minimum Gasteiger partial charge on any atom is -0.358 e. The molecule has 1 aromatic heterocycles. The Morgan fingerprint density at radius 3 is 2.62 bits per heavy atom. The van der Waals surface area contributed by atoms with Crippen molar-refractivity contribution in [2.45, 2.75) is 26.3 Å². The first-order valence-electron chi connectivity index (χ1n) is 6.66. The quantitative estimate of drug-likeness (QED) is 0.657. The van der Waals surface area contributed by atoms with Gasteiger partial charge in [0.1, 0.15) is 0 Å². The third-order valence-corrected chi connectivity index (χ3v) is 3.48. The monoisotopic (exact) mass is 305 g/mol. The van der Waals surface area contributed by atoms with Crippen LogP contribution in [-0.4, -0.2) is 9.91 Å². The lowest BCUT2D eigenvalue weighted by Crippen LogP contribution is -2.09. The molecular weight excluding hydrogens is 290 g/mol. The molecule has 0 fully saturated rings. The van der Waals surface area contributed by atoms with Crippen LogP contribution in [0, 0.1) is 10.1 Å². The van der Waals surface area contributed by atoms with Crippen LogP contribution in [0.15, 0.2) is 36.5 Å². The van der Waals surface area contributed by atoms with Gasteiger partial charge in [0.05, 0.1) is 16.0 Å². The summed E-state index contributed by atoms with van der Waals surface area (Å²) in [6.45, 7) is 4.03. The molecule has 110 valence electrons. The number of benzene rings is 1. The Bertz CT molecular complexity index is 644. The second-order valence-electron chi connectivity index (χ2n) is 4.74. The highest BCUT2D eigenvalue weighted by Crippen LogP contribution is 2.28. The van der Waals surface area contributed by atoms with E-state index in [1.165, 1.54) is 17.8 Å². The van der Waals surface area contributed by atoms with Gasteiger partial charge in [-0.25, -0.2) is 4.98 Å². The van der Waals surface area contributed by atoms with E-state index >= 15 is 0 Å². The largest absolute Gasteiger partial charge is 0.358 e. The fraction of sp³-hybridized carbons (Fsp3) is 0.267. The van der Waals surface area contributed by atoms with E-state index in [0.717, 1.165) is 12.0 Å². The Hall–Kier alpha value is -2.14. The molecule has 1 heterocycles. The van der Waals surface area contributed by atoms with Gasteiger partial charge in [0.15, 0.2) is 0 Å². The molecule has 0 amide bonds. The Morgan fingerprint density at radius 2 is 2.05 bits per heavy atom. The summed E-state index contributed by atoms with van der Waals surface area (Å²) in [5.74, 6) is 0.219. The number of rotatable bonds is 5. The summed E-state index contributed by atoms with van der Waals surface area (Å²) in [6.07, 6.45) is 2.37. The second kappa shape index (κ2) is 6.54. The second-order valence-corrected chi connectivity index (χ2v) is 5.18. The van der Waals surface area contributed by atoms with E-state index < -0.39 is 4.92 Å². The number of pyridine rings is 1. The first-order valence-corrected chi connectivity index (χ1v) is 7.04. The van der Waals surface area contributed by atoms with Crippen LogP contribution in [0.3, 0.4) is 0 Å². The number of halogens is 1. The lowest BCUT2D eigenvalue weighted by atomic mass is 10.0. The maximum absolute atomic E-state index is 11.0. The highest BCUT2D eigenvalue weighted by molar-refractivity contribution is 6.30. The molecule has 1 unspecified atom stereocenters. The number of hydrogen-bond acceptors (Lipinski definition) is 4. The molecule has 5 nitrogen and oxygen atoms in total. The fourth-order valence-corrected chi connectivity index (χ4v) is 2.16. The first-order chi connectivity index (χ1) is 10.0. The molecule has 0 spiro atoms. The van der Waals surface area contributed by atoms with E-state index in [9.17, 15) is 10.1 Å². The van der Waals surface area contributed by atoms with Crippen LogP contribution in [-0.2, 0) is 6.42 Å². The number of nitrogens with one attached hydrogen (secondary N) is 1. The zero-order valence-electron chi connectivity index (χ0n) is 11.8. The van der Waals surface area contributed by atoms with Crippen LogP contribution in [0.2, 0.25) is 5.02 Å². The van der Waals surface area contributed by atoms with Gasteiger partial charge < -0.3 is 5.32 Å². The molecule has 0 radical (unpaired) electrons. The predicted octanol–water partition coefficient (Wildman–Crippen LogP) is 4.38. The molecule has 1 aromatic carbocycles. The third kappa shape index (κ3) is 3.70. The van der Waals surface area contributed by atoms with Crippen molar-refractivity contribution in [1.29, 1.82) is 0 Å². The molecule has 6 heteroatoms. The smallest absolute Gasteiger partial charge is 0.312 e. The van der Waals surface area contributed by atoms with Crippen LogP contribution >= 0.6 is 11.6 Å². The minimum atomic E-state index is -0.492. The molecule has 0 saturated carbocycles. The van der Waals surface area contributed by atoms with Crippen LogP contribution < -0.4 is 5.32 Å². The van der Waals surface area contributed by atoms with E-state index in [1.54, 1.807) is 0 Å². The Morgan fingerprint density at radius 1 is 1.38 bits per heavy atom. The van der Waals surface area contributed by atoms with E-state index in [-0.39, 0.29) is 22.6 Å². The normalized spacial score (nSPS) is 12.0. The van der Waals surface area contributed by atoms with Gasteiger partial charge in [-0.1, -0.05) is 42.8 Å². The predicted molar refractivity (Wildman–Crippen MR) is 83.8 cm³/mol. The van der Waals surface area contributed by atoms with Gasteiger partial charge in [0, 0.05) is 12.3 Å². The number of aromatic nitrogens is 1. The van der Waals surface area contributed by atoms with E-state index in [2.05, 4.69) is 29.4 Å². The average molecular weight is 306 g/mol. The first kappa shape index (κ1) is 15.3. The van der Waals surface area contributed by atoms with Gasteiger partial charge in [-0.05, 0) is 24.5 Å². The molecule has 0 aliphatic rings. The van der Waals surface area contributed by atoms with Crippen molar-refractivity contribution in [3.63, 3.8) is 0 Å². The molecule has 0 aliphatic carbocycles. The molecule has 0 aliphatic heterocycles. The summed E-state index contributed by atoms with van der Waals surface area (Å²) in [5, 5.41) is 14.3. The summed E-state index contributed by atoms with van der Waals surface area (Å²) >= 11 is 5.75. The van der Waals surface area contributed by atoms with E-state index in [0.29, 0.717) is 0 Å². The zero-order chi connectivity index (χ0) is 15.4. The minimum absolute atomic E-state index is 0.0942. The standard InChI is InChI=1S/C15H16ClN3O2/c1-3-11-4-6-12(7-5-11)10(2)18-15-14(19(20)21)8-13(16)9-17-15/h4-10H,3H2,1-2H3,(H,17,18). The average Bonchev–Trinajstić information content (AvgIpc) is 2.49. The number of nitro groups is 1. The zero-order valence-corrected chi connectivity index (χ0v) is 12.6. The van der Waals surface area contributed by atoms with Crippen molar-refractivity contribution in [2.24, 2.45) is 0 Å². The fourth-order valence-electron chi connectivity index (χ4n) is 2.01. The lowest BCUT2D eigenvalue weighted by molar-refractivity contribution is -0.384. The molecule has 2 aromatic rings. The molecule has 2 rings (SSSR count). The number of aryl methyl sites for hydroxylation is 1. The van der Waals surface area contributed by atoms with Gasteiger partial charge in [-0.15, -0.1) is 0 Å². The van der Waals surface area contributed by atoms with E-state index in [1.807, 2.05) is 19.1 Å². The Kier molecular flexibility index (Phi) is 4.75. The van der Waals surface area contributed by atoms with Crippen LogP contribution in [0.5, 0.6) is 0 Å². The number of nitrogens with zero attached hydrogens (tertiary/aromatic N) is 2. The highest BCUT2D eigenvalue weighted by Gasteiger charge is 2.18. The summed E-state index contributed by atoms with van der Waals surface area (Å²) in [7, 11) is 0. The van der Waals surface area contributed by atoms with E-state index in [4.69, 9.17) is 11.6 Å². The van der Waals surface area contributed by atoms with Crippen molar-refractivity contribution in [3.8, 4) is 0 Å². The molecule has 21 heavy (non-hydrogen) atoms. The maximum atomic E-state index is 11.0. The van der Waals surface area contributed by atoms with Crippen molar-refractivity contribution < 1.29 is 4.92 Å². The maximum Gasteiger partial charge on any atom is 0.312 e. The summed E-state index contributed by atoms with van der Waals surface area (Å²) in [6, 6.07) is 9.33. The van der Waals surface area contributed by atoms with Crippen molar-refractivity contribution in [2.75, 3.05) is 5.32 Å². The SMILES string of the molecule is CCc1ccc(C(C)Nc2ncc(Cl)cc2[N+](=O)[O-])cc1. The molecule has 1 N–H and O–H groups in total. The van der Waals surface area contributed by atoms with Crippen LogP contribution in [0.4, 0.5) is 11.5 Å². The molecule has 1 atom stereocenters. The Labute approximate surface area is 128 Å². The topological polar surface area (TPSA) is 68.1 Å². The molecular formula is C15H16ClN3O2. The van der Waals surface area contributed by atoms with Gasteiger partial charge in [0.2, 0.25) is 5.82 Å². The number of hydrogen-bond donors (Lipinski definition) is 1. The van der Waals surface area contributed by atoms with Gasteiger partial charge in [-0.3, -0.25) is 10.1 Å². The van der Waals surface area contributed by atoms with Crippen molar-refractivity contribution in [1.82, 2.24) is 4.98 Å². The lowest BCUT2D eigenvalue weighted by Gasteiger charge is -2.15. The van der Waals surface area contributed by atoms with Crippen molar-refractivity contribution in [3.05, 3.63) is 62.8 Å². The molecule has 0 bridgehead atoms. The summed E-state index contributed by atoms with van der Waals surface area (Å²) in [5.41, 5.74) is 2.17. The van der Waals surface area contributed by atoms with Crippen molar-refractivity contribution >= 4 is 23.1 Å². The van der Waals surface area contributed by atoms with Gasteiger partial charge in [0.25, 0.3) is 0 Å². The highest BCUT2D eigenvalue weighted by atomic mass is 35.5. The van der Waals surface area contributed by atoms with Crippen LogP contribution in [0.1, 0.15) is 31.0 Å². The Balaban J connectivity index is 2.22. The van der Waals surface area contributed by atoms with Gasteiger partial charge in [-0.2, -0.15) is 0 Å². The van der Waals surface area contributed by atoms with Gasteiger partial charge >= 0.3 is 5.69 Å². The molecule has 0 saturated heterocycles. The summed E-state index contributed by atoms with van der Waals surface area (Å²) < 4.78 is 0. The third-order valence-electron chi connectivity index (χ3n) is 3.27. The number of anilines is 1.